The molecular formula is C15H18BrF2N3. The summed E-state index contributed by atoms with van der Waals surface area (Å²) in [6.45, 7) is 5.21. The molecule has 0 fully saturated rings. The number of nitrogens with one attached hydrogen (secondary N) is 1. The van der Waals surface area contributed by atoms with Gasteiger partial charge in [0, 0.05) is 12.1 Å². The van der Waals surface area contributed by atoms with Gasteiger partial charge < -0.3 is 5.32 Å². The lowest BCUT2D eigenvalue weighted by atomic mass is 10.0. The molecule has 0 aliphatic heterocycles. The summed E-state index contributed by atoms with van der Waals surface area (Å²) in [6.07, 6.45) is 2.55. The van der Waals surface area contributed by atoms with Crippen LogP contribution in [0, 0.1) is 11.6 Å². The van der Waals surface area contributed by atoms with E-state index in [2.05, 4.69) is 26.3 Å². The fourth-order valence-electron chi connectivity index (χ4n) is 2.37. The minimum absolute atomic E-state index is 0.0258. The Morgan fingerprint density at radius 3 is 2.52 bits per heavy atom. The van der Waals surface area contributed by atoms with Crippen molar-refractivity contribution in [3.63, 3.8) is 0 Å². The zero-order valence-corrected chi connectivity index (χ0v) is 13.6. The van der Waals surface area contributed by atoms with E-state index in [9.17, 15) is 8.78 Å². The molecule has 1 aromatic heterocycles. The molecule has 0 saturated heterocycles. The summed E-state index contributed by atoms with van der Waals surface area (Å²) in [6, 6.07) is 3.34. The number of rotatable bonds is 6. The van der Waals surface area contributed by atoms with Gasteiger partial charge in [-0.05, 0) is 41.0 Å². The highest BCUT2D eigenvalue weighted by Gasteiger charge is 2.26. The van der Waals surface area contributed by atoms with Crippen LogP contribution < -0.4 is 5.32 Å². The first-order valence-electron chi connectivity index (χ1n) is 6.98. The van der Waals surface area contributed by atoms with Crippen molar-refractivity contribution in [2.24, 2.45) is 0 Å². The Morgan fingerprint density at radius 2 is 1.95 bits per heavy atom. The average molecular weight is 358 g/mol. The molecule has 3 nitrogen and oxygen atoms in total. The average Bonchev–Trinajstić information content (AvgIpc) is 2.79. The van der Waals surface area contributed by atoms with Crippen molar-refractivity contribution >= 4 is 15.9 Å². The Hall–Kier alpha value is -1.27. The van der Waals surface area contributed by atoms with E-state index in [4.69, 9.17) is 0 Å². The summed E-state index contributed by atoms with van der Waals surface area (Å²) >= 11 is 3.44. The van der Waals surface area contributed by atoms with Crippen LogP contribution in [0.3, 0.4) is 0 Å². The number of aromatic nitrogens is 2. The zero-order valence-electron chi connectivity index (χ0n) is 12.0. The first-order chi connectivity index (χ1) is 10.1. The molecule has 0 bridgehead atoms. The largest absolute Gasteiger partial charge is 0.305 e. The van der Waals surface area contributed by atoms with Crippen molar-refractivity contribution in [1.82, 2.24) is 15.1 Å². The predicted molar refractivity (Wildman–Crippen MR) is 82.1 cm³/mol. The van der Waals surface area contributed by atoms with Crippen molar-refractivity contribution in [2.45, 2.75) is 32.9 Å². The third-order valence-corrected chi connectivity index (χ3v) is 3.85. The molecule has 1 unspecified atom stereocenters. The van der Waals surface area contributed by atoms with E-state index in [-0.39, 0.29) is 5.56 Å². The molecule has 1 heterocycles. The first-order valence-corrected chi connectivity index (χ1v) is 7.77. The SMILES string of the molecule is CCCn1ncc(Br)c1C(NCC)c1c(F)cccc1F. The summed E-state index contributed by atoms with van der Waals surface area (Å²) < 4.78 is 30.8. The van der Waals surface area contributed by atoms with Crippen molar-refractivity contribution in [1.29, 1.82) is 0 Å². The Labute approximate surface area is 131 Å². The molecule has 0 amide bonds. The fraction of sp³-hybridized carbons (Fsp3) is 0.400. The van der Waals surface area contributed by atoms with Gasteiger partial charge in [-0.2, -0.15) is 5.10 Å². The third kappa shape index (κ3) is 3.32. The van der Waals surface area contributed by atoms with Crippen LogP contribution in [0.1, 0.15) is 37.6 Å². The smallest absolute Gasteiger partial charge is 0.131 e. The summed E-state index contributed by atoms with van der Waals surface area (Å²) in [5.41, 5.74) is 0.764. The van der Waals surface area contributed by atoms with Gasteiger partial charge in [-0.15, -0.1) is 0 Å². The standard InChI is InChI=1S/C15H18BrF2N3/c1-3-8-21-15(10(16)9-20-21)14(19-4-2)13-11(17)6-5-7-12(13)18/h5-7,9,14,19H,3-4,8H2,1-2H3. The molecule has 2 rings (SSSR count). The highest BCUT2D eigenvalue weighted by molar-refractivity contribution is 9.10. The van der Waals surface area contributed by atoms with Crippen molar-refractivity contribution in [3.8, 4) is 0 Å². The second kappa shape index (κ2) is 7.13. The Balaban J connectivity index is 2.56. The Kier molecular flexibility index (Phi) is 5.47. The lowest BCUT2D eigenvalue weighted by Gasteiger charge is -2.21. The molecule has 2 aromatic rings. The molecule has 0 radical (unpaired) electrons. The highest BCUT2D eigenvalue weighted by atomic mass is 79.9. The van der Waals surface area contributed by atoms with Crippen LogP contribution in [-0.2, 0) is 6.54 Å². The number of hydrogen-bond donors (Lipinski definition) is 1. The van der Waals surface area contributed by atoms with Crippen LogP contribution in [0.5, 0.6) is 0 Å². The molecule has 1 atom stereocenters. The van der Waals surface area contributed by atoms with Gasteiger partial charge in [0.2, 0.25) is 0 Å². The van der Waals surface area contributed by atoms with E-state index >= 15 is 0 Å². The lowest BCUT2D eigenvalue weighted by molar-refractivity contribution is 0.475. The lowest BCUT2D eigenvalue weighted by Crippen LogP contribution is -2.27. The number of hydrogen-bond acceptors (Lipinski definition) is 2. The first kappa shape index (κ1) is 16.1. The van der Waals surface area contributed by atoms with Gasteiger partial charge >= 0.3 is 0 Å². The van der Waals surface area contributed by atoms with Gasteiger partial charge in [0.15, 0.2) is 0 Å². The van der Waals surface area contributed by atoms with E-state index in [1.807, 2.05) is 13.8 Å². The minimum Gasteiger partial charge on any atom is -0.305 e. The molecule has 0 aliphatic carbocycles. The zero-order chi connectivity index (χ0) is 15.4. The van der Waals surface area contributed by atoms with Gasteiger partial charge in [0.1, 0.15) is 11.6 Å². The minimum atomic E-state index is -0.584. The van der Waals surface area contributed by atoms with E-state index in [1.165, 1.54) is 18.2 Å². The van der Waals surface area contributed by atoms with E-state index < -0.39 is 17.7 Å². The summed E-state index contributed by atoms with van der Waals surface area (Å²) in [7, 11) is 0. The van der Waals surface area contributed by atoms with Crippen molar-refractivity contribution in [3.05, 3.63) is 51.8 Å². The number of aryl methyl sites for hydroxylation is 1. The Morgan fingerprint density at radius 1 is 1.29 bits per heavy atom. The Bertz CT molecular complexity index is 593. The van der Waals surface area contributed by atoms with Crippen molar-refractivity contribution < 1.29 is 8.78 Å². The normalized spacial score (nSPS) is 12.6. The van der Waals surface area contributed by atoms with Crippen LogP contribution in [0.25, 0.3) is 0 Å². The molecule has 21 heavy (non-hydrogen) atoms. The van der Waals surface area contributed by atoms with E-state index in [0.717, 1.165) is 16.6 Å². The molecule has 1 aromatic carbocycles. The maximum atomic E-state index is 14.1. The number of benzene rings is 1. The molecule has 114 valence electrons. The van der Waals surface area contributed by atoms with Crippen LogP contribution in [0.15, 0.2) is 28.9 Å². The maximum absolute atomic E-state index is 14.1. The van der Waals surface area contributed by atoms with E-state index in [1.54, 1.807) is 10.9 Å². The van der Waals surface area contributed by atoms with Gasteiger partial charge in [-0.3, -0.25) is 4.68 Å². The summed E-state index contributed by atoms with van der Waals surface area (Å²) in [4.78, 5) is 0. The molecule has 6 heteroatoms. The van der Waals surface area contributed by atoms with Crippen LogP contribution in [0.2, 0.25) is 0 Å². The number of halogens is 3. The molecular weight excluding hydrogens is 340 g/mol. The summed E-state index contributed by atoms with van der Waals surface area (Å²) in [5, 5.41) is 7.43. The third-order valence-electron chi connectivity index (χ3n) is 3.24. The summed E-state index contributed by atoms with van der Waals surface area (Å²) in [5.74, 6) is -1.12. The van der Waals surface area contributed by atoms with Crippen LogP contribution >= 0.6 is 15.9 Å². The topological polar surface area (TPSA) is 29.9 Å². The highest BCUT2D eigenvalue weighted by Crippen LogP contribution is 2.31. The second-order valence-corrected chi connectivity index (χ2v) is 5.58. The molecule has 0 aliphatic rings. The second-order valence-electron chi connectivity index (χ2n) is 4.73. The number of nitrogens with zero attached hydrogens (tertiary/aromatic N) is 2. The van der Waals surface area contributed by atoms with Gasteiger partial charge in [-0.25, -0.2) is 8.78 Å². The molecule has 0 spiro atoms. The van der Waals surface area contributed by atoms with Crippen molar-refractivity contribution in [2.75, 3.05) is 6.54 Å². The van der Waals surface area contributed by atoms with Crippen LogP contribution in [0.4, 0.5) is 8.78 Å². The monoisotopic (exact) mass is 357 g/mol. The van der Waals surface area contributed by atoms with Crippen LogP contribution in [-0.4, -0.2) is 16.3 Å². The van der Waals surface area contributed by atoms with E-state index in [0.29, 0.717) is 13.1 Å². The maximum Gasteiger partial charge on any atom is 0.131 e. The molecule has 0 saturated carbocycles. The van der Waals surface area contributed by atoms with Gasteiger partial charge in [-0.1, -0.05) is 19.9 Å². The molecule has 1 N–H and O–H groups in total. The predicted octanol–water partition coefficient (Wildman–Crippen LogP) is 4.03. The van der Waals surface area contributed by atoms with Gasteiger partial charge in [0.25, 0.3) is 0 Å². The quantitative estimate of drug-likeness (QED) is 0.845. The van der Waals surface area contributed by atoms with Gasteiger partial charge in [0.05, 0.1) is 22.4 Å². The fourth-order valence-corrected chi connectivity index (χ4v) is 2.90.